The number of nitrogens with two attached hydrogens (primary N) is 1. The van der Waals surface area contributed by atoms with Gasteiger partial charge in [0, 0.05) is 0 Å². The molecule has 0 bridgehead atoms. The Morgan fingerprint density at radius 1 is 1.32 bits per heavy atom. The van der Waals surface area contributed by atoms with Crippen LogP contribution in [0.4, 0.5) is 0 Å². The summed E-state index contributed by atoms with van der Waals surface area (Å²) in [6.07, 6.45) is 0.813. The van der Waals surface area contributed by atoms with Crippen LogP contribution >= 0.6 is 0 Å². The van der Waals surface area contributed by atoms with E-state index in [1.165, 1.54) is 0 Å². The molecule has 5 nitrogen and oxygen atoms in total. The van der Waals surface area contributed by atoms with Crippen LogP contribution in [0, 0.1) is 5.92 Å². The van der Waals surface area contributed by atoms with Crippen molar-refractivity contribution in [3.63, 3.8) is 0 Å². The molecule has 0 aliphatic rings. The molecule has 19 heavy (non-hydrogen) atoms. The second-order valence-electron chi connectivity index (χ2n) is 4.89. The molecule has 0 aliphatic heterocycles. The lowest BCUT2D eigenvalue weighted by molar-refractivity contribution is 0.335. The first kappa shape index (κ1) is 13.5. The maximum absolute atomic E-state index is 6.03. The molecule has 2 N–H and O–H groups in total. The van der Waals surface area contributed by atoms with Crippen molar-refractivity contribution in [2.24, 2.45) is 11.7 Å². The van der Waals surface area contributed by atoms with E-state index in [1.807, 2.05) is 24.3 Å². The van der Waals surface area contributed by atoms with Gasteiger partial charge in [0.05, 0.1) is 18.7 Å². The van der Waals surface area contributed by atoms with Crippen LogP contribution in [0.1, 0.15) is 32.2 Å². The standard InChI is InChI=1S/C14H19N3O2/c1-9(2)8-11(15)14-16-13(17-19-14)10-6-4-5-7-12(10)18-3/h4-7,9,11H,8,15H2,1-3H3/t11-/m1/s1. The van der Waals surface area contributed by atoms with Gasteiger partial charge in [0.15, 0.2) is 0 Å². The molecule has 1 aromatic carbocycles. The molecular weight excluding hydrogens is 242 g/mol. The van der Waals surface area contributed by atoms with Gasteiger partial charge in [-0.2, -0.15) is 4.98 Å². The highest BCUT2D eigenvalue weighted by Gasteiger charge is 2.18. The third-order valence-corrected chi connectivity index (χ3v) is 2.83. The fraction of sp³-hybridized carbons (Fsp3) is 0.429. The monoisotopic (exact) mass is 261 g/mol. The first-order chi connectivity index (χ1) is 9.11. The summed E-state index contributed by atoms with van der Waals surface area (Å²) in [6.45, 7) is 4.22. The number of para-hydroxylation sites is 1. The summed E-state index contributed by atoms with van der Waals surface area (Å²) in [5.74, 6) is 2.17. The summed E-state index contributed by atoms with van der Waals surface area (Å²) < 4.78 is 10.5. The van der Waals surface area contributed by atoms with Gasteiger partial charge >= 0.3 is 0 Å². The van der Waals surface area contributed by atoms with Crippen LogP contribution in [-0.4, -0.2) is 17.3 Å². The number of nitrogens with zero attached hydrogens (tertiary/aromatic N) is 2. The van der Waals surface area contributed by atoms with Gasteiger partial charge in [-0.05, 0) is 24.5 Å². The average molecular weight is 261 g/mol. The summed E-state index contributed by atoms with van der Waals surface area (Å²) in [5, 5.41) is 3.98. The van der Waals surface area contributed by atoms with E-state index >= 15 is 0 Å². The Kier molecular flexibility index (Phi) is 4.16. The van der Waals surface area contributed by atoms with Crippen LogP contribution in [-0.2, 0) is 0 Å². The van der Waals surface area contributed by atoms with E-state index in [-0.39, 0.29) is 6.04 Å². The number of hydrogen-bond donors (Lipinski definition) is 1. The van der Waals surface area contributed by atoms with Crippen molar-refractivity contribution in [1.29, 1.82) is 0 Å². The van der Waals surface area contributed by atoms with Gasteiger partial charge in [0.1, 0.15) is 5.75 Å². The fourth-order valence-corrected chi connectivity index (χ4v) is 1.93. The zero-order valence-corrected chi connectivity index (χ0v) is 11.5. The number of ether oxygens (including phenoxy) is 1. The number of rotatable bonds is 5. The summed E-state index contributed by atoms with van der Waals surface area (Å²) in [7, 11) is 1.62. The van der Waals surface area contributed by atoms with E-state index < -0.39 is 0 Å². The topological polar surface area (TPSA) is 74.2 Å². The Hall–Kier alpha value is -1.88. The smallest absolute Gasteiger partial charge is 0.243 e. The number of hydrogen-bond acceptors (Lipinski definition) is 5. The van der Waals surface area contributed by atoms with Gasteiger partial charge in [0.25, 0.3) is 0 Å². The molecule has 0 aliphatic carbocycles. The van der Waals surface area contributed by atoms with Gasteiger partial charge in [-0.25, -0.2) is 0 Å². The molecule has 1 aromatic heterocycles. The second kappa shape index (κ2) is 5.84. The third kappa shape index (κ3) is 3.12. The highest BCUT2D eigenvalue weighted by Crippen LogP contribution is 2.28. The van der Waals surface area contributed by atoms with E-state index in [0.29, 0.717) is 23.4 Å². The van der Waals surface area contributed by atoms with Crippen LogP contribution in [0.3, 0.4) is 0 Å². The van der Waals surface area contributed by atoms with E-state index in [0.717, 1.165) is 12.0 Å². The van der Waals surface area contributed by atoms with Crippen LogP contribution in [0.15, 0.2) is 28.8 Å². The number of methoxy groups -OCH3 is 1. The Balaban J connectivity index is 2.25. The van der Waals surface area contributed by atoms with Crippen LogP contribution in [0.25, 0.3) is 11.4 Å². The molecule has 102 valence electrons. The first-order valence-electron chi connectivity index (χ1n) is 6.34. The first-order valence-corrected chi connectivity index (χ1v) is 6.34. The van der Waals surface area contributed by atoms with Crippen molar-refractivity contribution in [2.75, 3.05) is 7.11 Å². The normalized spacial score (nSPS) is 12.7. The SMILES string of the molecule is COc1ccccc1-c1noc([C@H](N)CC(C)C)n1. The second-order valence-corrected chi connectivity index (χ2v) is 4.89. The van der Waals surface area contributed by atoms with Crippen molar-refractivity contribution in [1.82, 2.24) is 10.1 Å². The molecule has 1 heterocycles. The van der Waals surface area contributed by atoms with Crippen molar-refractivity contribution < 1.29 is 9.26 Å². The highest BCUT2D eigenvalue weighted by atomic mass is 16.5. The summed E-state index contributed by atoms with van der Waals surface area (Å²) in [5.41, 5.74) is 6.83. The van der Waals surface area contributed by atoms with Gasteiger partial charge in [-0.1, -0.05) is 31.1 Å². The quantitative estimate of drug-likeness (QED) is 0.895. The van der Waals surface area contributed by atoms with Crippen molar-refractivity contribution >= 4 is 0 Å². The molecule has 0 radical (unpaired) electrons. The molecule has 5 heteroatoms. The largest absolute Gasteiger partial charge is 0.496 e. The molecule has 0 unspecified atom stereocenters. The van der Waals surface area contributed by atoms with Gasteiger partial charge < -0.3 is 15.0 Å². The van der Waals surface area contributed by atoms with Gasteiger partial charge in [-0.15, -0.1) is 0 Å². The predicted molar refractivity (Wildman–Crippen MR) is 72.7 cm³/mol. The number of aromatic nitrogens is 2. The average Bonchev–Trinajstić information content (AvgIpc) is 2.87. The summed E-state index contributed by atoms with van der Waals surface area (Å²) in [6, 6.07) is 7.33. The predicted octanol–water partition coefficient (Wildman–Crippen LogP) is 2.79. The van der Waals surface area contributed by atoms with Gasteiger partial charge in [-0.3, -0.25) is 0 Å². The van der Waals surface area contributed by atoms with Crippen molar-refractivity contribution in [3.05, 3.63) is 30.2 Å². The van der Waals surface area contributed by atoms with Gasteiger partial charge in [0.2, 0.25) is 11.7 Å². The zero-order chi connectivity index (χ0) is 13.8. The molecular formula is C14H19N3O2. The minimum absolute atomic E-state index is 0.226. The maximum atomic E-state index is 6.03. The lowest BCUT2D eigenvalue weighted by atomic mass is 10.0. The Labute approximate surface area is 112 Å². The molecule has 0 fully saturated rings. The zero-order valence-electron chi connectivity index (χ0n) is 11.5. The summed E-state index contributed by atoms with van der Waals surface area (Å²) in [4.78, 5) is 4.36. The van der Waals surface area contributed by atoms with E-state index in [4.69, 9.17) is 15.0 Å². The Bertz CT molecular complexity index is 537. The molecule has 0 amide bonds. The van der Waals surface area contributed by atoms with Crippen LogP contribution < -0.4 is 10.5 Å². The lowest BCUT2D eigenvalue weighted by Gasteiger charge is -2.08. The molecule has 0 saturated heterocycles. The lowest BCUT2D eigenvalue weighted by Crippen LogP contribution is -2.13. The highest BCUT2D eigenvalue weighted by molar-refractivity contribution is 5.63. The molecule has 1 atom stereocenters. The van der Waals surface area contributed by atoms with E-state index in [2.05, 4.69) is 24.0 Å². The Morgan fingerprint density at radius 2 is 2.05 bits per heavy atom. The van der Waals surface area contributed by atoms with E-state index in [9.17, 15) is 0 Å². The third-order valence-electron chi connectivity index (χ3n) is 2.83. The van der Waals surface area contributed by atoms with Crippen molar-refractivity contribution in [2.45, 2.75) is 26.3 Å². The molecule has 0 spiro atoms. The molecule has 2 aromatic rings. The molecule has 2 rings (SSSR count). The Morgan fingerprint density at radius 3 is 2.74 bits per heavy atom. The number of benzene rings is 1. The van der Waals surface area contributed by atoms with Crippen molar-refractivity contribution in [3.8, 4) is 17.1 Å². The molecule has 0 saturated carbocycles. The fourth-order valence-electron chi connectivity index (χ4n) is 1.93. The van der Waals surface area contributed by atoms with Crippen LogP contribution in [0.5, 0.6) is 5.75 Å². The van der Waals surface area contributed by atoms with Crippen LogP contribution in [0.2, 0.25) is 0 Å². The summed E-state index contributed by atoms with van der Waals surface area (Å²) >= 11 is 0. The minimum Gasteiger partial charge on any atom is -0.496 e. The maximum Gasteiger partial charge on any atom is 0.243 e. The minimum atomic E-state index is -0.226. The van der Waals surface area contributed by atoms with E-state index in [1.54, 1.807) is 7.11 Å².